The summed E-state index contributed by atoms with van der Waals surface area (Å²) in [6.07, 6.45) is 1.57. The molecule has 0 atom stereocenters. The number of rotatable bonds is 6. The molecule has 1 saturated carbocycles. The summed E-state index contributed by atoms with van der Waals surface area (Å²) in [5.74, 6) is 0.758. The van der Waals surface area contributed by atoms with E-state index < -0.39 is 5.54 Å². The molecule has 23 heavy (non-hydrogen) atoms. The molecule has 0 spiro atoms. The Kier molecular flexibility index (Phi) is 5.64. The number of nitrogens with one attached hydrogen (secondary N) is 1. The molecule has 0 bridgehead atoms. The van der Waals surface area contributed by atoms with Crippen LogP contribution in [0.3, 0.4) is 0 Å². The van der Waals surface area contributed by atoms with Crippen molar-refractivity contribution < 1.29 is 9.53 Å². The van der Waals surface area contributed by atoms with E-state index >= 15 is 0 Å². The van der Waals surface area contributed by atoms with Crippen LogP contribution >= 0.6 is 12.4 Å². The fourth-order valence-corrected chi connectivity index (χ4v) is 2.16. The first-order valence-electron chi connectivity index (χ1n) is 7.49. The van der Waals surface area contributed by atoms with Crippen LogP contribution in [0.5, 0.6) is 5.75 Å². The van der Waals surface area contributed by atoms with Crippen LogP contribution < -0.4 is 15.8 Å². The third-order valence-corrected chi connectivity index (χ3v) is 3.87. The highest BCUT2D eigenvalue weighted by Gasteiger charge is 2.45. The maximum absolute atomic E-state index is 11.8. The molecule has 2 aromatic rings. The number of hydrogen-bond donors (Lipinski definition) is 2. The monoisotopic (exact) mass is 332 g/mol. The first-order valence-corrected chi connectivity index (χ1v) is 7.49. The quantitative estimate of drug-likeness (QED) is 0.855. The van der Waals surface area contributed by atoms with Gasteiger partial charge in [-0.25, -0.2) is 0 Å². The fraction of sp³-hybridized carbons (Fsp3) is 0.278. The summed E-state index contributed by atoms with van der Waals surface area (Å²) >= 11 is 0. The molecule has 0 heterocycles. The summed E-state index contributed by atoms with van der Waals surface area (Å²) < 4.78 is 5.73. The van der Waals surface area contributed by atoms with Crippen molar-refractivity contribution in [3.63, 3.8) is 0 Å². The van der Waals surface area contributed by atoms with Gasteiger partial charge in [0, 0.05) is 6.54 Å². The Morgan fingerprint density at radius 3 is 2.30 bits per heavy atom. The molecule has 1 aliphatic rings. The molecule has 3 rings (SSSR count). The van der Waals surface area contributed by atoms with Crippen molar-refractivity contribution in [1.29, 1.82) is 0 Å². The molecule has 3 N–H and O–H groups in total. The summed E-state index contributed by atoms with van der Waals surface area (Å²) in [5, 5.41) is 2.87. The molecular formula is C18H21ClN2O2. The largest absolute Gasteiger partial charge is 0.489 e. The molecule has 0 saturated heterocycles. The van der Waals surface area contributed by atoms with E-state index in [0.717, 1.165) is 29.7 Å². The lowest BCUT2D eigenvalue weighted by Gasteiger charge is -2.11. The number of nitrogens with two attached hydrogens (primary N) is 1. The predicted octanol–water partition coefficient (Wildman–Crippen LogP) is 2.79. The predicted molar refractivity (Wildman–Crippen MR) is 92.5 cm³/mol. The highest BCUT2D eigenvalue weighted by molar-refractivity contribution is 5.88. The van der Waals surface area contributed by atoms with Gasteiger partial charge >= 0.3 is 0 Å². The van der Waals surface area contributed by atoms with Gasteiger partial charge in [0.1, 0.15) is 12.4 Å². The maximum Gasteiger partial charge on any atom is 0.240 e. The van der Waals surface area contributed by atoms with Crippen LogP contribution in [0.4, 0.5) is 0 Å². The first kappa shape index (κ1) is 17.3. The molecule has 5 heteroatoms. The number of carbonyl (C=O) groups excluding carboxylic acids is 1. The minimum Gasteiger partial charge on any atom is -0.489 e. The van der Waals surface area contributed by atoms with Crippen LogP contribution in [-0.4, -0.2) is 11.4 Å². The average Bonchev–Trinajstić information content (AvgIpc) is 3.31. The van der Waals surface area contributed by atoms with Crippen molar-refractivity contribution in [2.24, 2.45) is 5.73 Å². The van der Waals surface area contributed by atoms with Gasteiger partial charge in [-0.05, 0) is 36.1 Å². The van der Waals surface area contributed by atoms with Crippen molar-refractivity contribution in [2.75, 3.05) is 0 Å². The Morgan fingerprint density at radius 1 is 1.04 bits per heavy atom. The van der Waals surface area contributed by atoms with Crippen molar-refractivity contribution in [3.8, 4) is 5.75 Å². The summed E-state index contributed by atoms with van der Waals surface area (Å²) in [6, 6.07) is 17.8. The number of amides is 1. The molecule has 0 aliphatic heterocycles. The van der Waals surface area contributed by atoms with Crippen LogP contribution in [0.2, 0.25) is 0 Å². The van der Waals surface area contributed by atoms with Gasteiger partial charge in [-0.3, -0.25) is 4.79 Å². The van der Waals surface area contributed by atoms with Gasteiger partial charge in [0.05, 0.1) is 5.54 Å². The number of hydrogen-bond acceptors (Lipinski definition) is 3. The van der Waals surface area contributed by atoms with E-state index in [-0.39, 0.29) is 18.3 Å². The lowest BCUT2D eigenvalue weighted by molar-refractivity contribution is -0.123. The van der Waals surface area contributed by atoms with E-state index in [9.17, 15) is 4.79 Å². The highest BCUT2D eigenvalue weighted by Crippen LogP contribution is 2.32. The molecular weight excluding hydrogens is 312 g/mol. The van der Waals surface area contributed by atoms with Crippen molar-refractivity contribution in [2.45, 2.75) is 31.5 Å². The van der Waals surface area contributed by atoms with Crippen LogP contribution in [0.1, 0.15) is 24.0 Å². The Morgan fingerprint density at radius 2 is 1.70 bits per heavy atom. The molecule has 122 valence electrons. The number of halogens is 1. The summed E-state index contributed by atoms with van der Waals surface area (Å²) in [5.41, 5.74) is 7.40. The topological polar surface area (TPSA) is 64.4 Å². The smallest absolute Gasteiger partial charge is 0.240 e. The zero-order chi connectivity index (χ0) is 15.4. The molecule has 0 aromatic heterocycles. The van der Waals surface area contributed by atoms with Gasteiger partial charge in [0.2, 0.25) is 5.91 Å². The van der Waals surface area contributed by atoms with Gasteiger partial charge in [-0.1, -0.05) is 42.5 Å². The molecule has 2 aromatic carbocycles. The van der Waals surface area contributed by atoms with Gasteiger partial charge < -0.3 is 15.8 Å². The summed E-state index contributed by atoms with van der Waals surface area (Å²) in [7, 11) is 0. The Labute approximate surface area is 142 Å². The lowest BCUT2D eigenvalue weighted by atomic mass is 10.2. The normalized spacial score (nSPS) is 14.5. The fourth-order valence-electron chi connectivity index (χ4n) is 2.16. The zero-order valence-electron chi connectivity index (χ0n) is 12.8. The standard InChI is InChI=1S/C18H20N2O2.ClH/c19-18(10-11-18)17(21)20-12-14-6-8-16(9-7-14)22-13-15-4-2-1-3-5-15;/h1-9H,10-13,19H2,(H,20,21);1H. The third-order valence-electron chi connectivity index (χ3n) is 3.87. The summed E-state index contributed by atoms with van der Waals surface area (Å²) in [4.78, 5) is 11.8. The second-order valence-corrected chi connectivity index (χ2v) is 5.76. The van der Waals surface area contributed by atoms with Crippen LogP contribution in [0.25, 0.3) is 0 Å². The van der Waals surface area contributed by atoms with E-state index in [0.29, 0.717) is 13.2 Å². The van der Waals surface area contributed by atoms with Crippen molar-refractivity contribution >= 4 is 18.3 Å². The zero-order valence-corrected chi connectivity index (χ0v) is 13.6. The van der Waals surface area contributed by atoms with E-state index in [4.69, 9.17) is 10.5 Å². The number of carbonyl (C=O) groups is 1. The Hall–Kier alpha value is -2.04. The second kappa shape index (κ2) is 7.49. The maximum atomic E-state index is 11.8. The first-order chi connectivity index (χ1) is 10.7. The van der Waals surface area contributed by atoms with Gasteiger partial charge in [0.25, 0.3) is 0 Å². The SMILES string of the molecule is Cl.NC1(C(=O)NCc2ccc(OCc3ccccc3)cc2)CC1. The molecule has 0 radical (unpaired) electrons. The number of benzene rings is 2. The summed E-state index contributed by atoms with van der Waals surface area (Å²) in [6.45, 7) is 1.05. The van der Waals surface area contributed by atoms with E-state index in [1.54, 1.807) is 0 Å². The molecule has 1 fully saturated rings. The van der Waals surface area contributed by atoms with Crippen LogP contribution in [0, 0.1) is 0 Å². The second-order valence-electron chi connectivity index (χ2n) is 5.76. The van der Waals surface area contributed by atoms with Gasteiger partial charge in [-0.15, -0.1) is 12.4 Å². The molecule has 0 unspecified atom stereocenters. The Bertz CT molecular complexity index is 640. The van der Waals surface area contributed by atoms with Gasteiger partial charge in [-0.2, -0.15) is 0 Å². The van der Waals surface area contributed by atoms with E-state index in [2.05, 4.69) is 5.32 Å². The lowest BCUT2D eigenvalue weighted by Crippen LogP contribution is -2.42. The van der Waals surface area contributed by atoms with E-state index in [1.165, 1.54) is 0 Å². The molecule has 1 aliphatic carbocycles. The third kappa shape index (κ3) is 4.71. The minimum atomic E-state index is -0.612. The Balaban J connectivity index is 0.00000192. The van der Waals surface area contributed by atoms with Gasteiger partial charge in [0.15, 0.2) is 0 Å². The van der Waals surface area contributed by atoms with Crippen molar-refractivity contribution in [1.82, 2.24) is 5.32 Å². The molecule has 1 amide bonds. The minimum absolute atomic E-state index is 0. The molecule has 4 nitrogen and oxygen atoms in total. The van der Waals surface area contributed by atoms with Crippen molar-refractivity contribution in [3.05, 3.63) is 65.7 Å². The van der Waals surface area contributed by atoms with Crippen LogP contribution in [-0.2, 0) is 17.9 Å². The van der Waals surface area contributed by atoms with Crippen LogP contribution in [0.15, 0.2) is 54.6 Å². The average molecular weight is 333 g/mol. The highest BCUT2D eigenvalue weighted by atomic mass is 35.5. The van der Waals surface area contributed by atoms with E-state index in [1.807, 2.05) is 54.6 Å². The number of ether oxygens (including phenoxy) is 1.